The second kappa shape index (κ2) is 5.98. The van der Waals surface area contributed by atoms with Gasteiger partial charge in [0.25, 0.3) is 0 Å². The number of hydrogen-bond acceptors (Lipinski definition) is 1. The Morgan fingerprint density at radius 3 is 1.87 bits per heavy atom. The molecule has 78 valence electrons. The fourth-order valence-corrected chi connectivity index (χ4v) is 3.08. The summed E-state index contributed by atoms with van der Waals surface area (Å²) < 4.78 is 5.52. The van der Waals surface area contributed by atoms with E-state index in [1.54, 1.807) is 0 Å². The maximum atomic E-state index is 5.73. The molecule has 3 heteroatoms. The van der Waals surface area contributed by atoms with Crippen molar-refractivity contribution in [3.63, 3.8) is 0 Å². The average molecular weight is 300 g/mol. The van der Waals surface area contributed by atoms with Gasteiger partial charge in [-0.05, 0) is 0 Å². The van der Waals surface area contributed by atoms with E-state index in [4.69, 9.17) is 11.3 Å². The van der Waals surface area contributed by atoms with Gasteiger partial charge in [0.05, 0.1) is 0 Å². The zero-order chi connectivity index (χ0) is 10.5. The molecule has 0 unspecified atom stereocenters. The normalized spacial score (nSPS) is 19.9. The molecule has 2 aliphatic rings. The Kier molecular flexibility index (Phi) is 4.62. The van der Waals surface area contributed by atoms with Crippen LogP contribution in [0.5, 0.6) is 0 Å². The molecule has 0 aromatic heterocycles. The molecule has 0 saturated heterocycles. The zero-order valence-electron chi connectivity index (χ0n) is 8.34. The Balaban J connectivity index is 2.01. The Labute approximate surface area is 106 Å². The van der Waals surface area contributed by atoms with Gasteiger partial charge < -0.3 is 0 Å². The molecule has 0 N–H and O–H groups in total. The van der Waals surface area contributed by atoms with Crippen LogP contribution in [0.3, 0.4) is 0 Å². The standard InChI is InChI=1S/C12H13O.ClH.Zr/c13-9-12(10-5-1-2-6-10)11-7-3-4-8-11;;/h1-8,10-12H,9H2;1H;/q-1;;+2/p-1. The van der Waals surface area contributed by atoms with Crippen molar-refractivity contribution in [2.75, 3.05) is 6.61 Å². The van der Waals surface area contributed by atoms with Crippen LogP contribution in [-0.2, 0) is 25.3 Å². The van der Waals surface area contributed by atoms with Gasteiger partial charge in [0.1, 0.15) is 0 Å². The second-order valence-corrected chi connectivity index (χ2v) is 5.75. The first-order chi connectivity index (χ1) is 7.42. The van der Waals surface area contributed by atoms with Crippen LogP contribution in [0, 0.1) is 17.8 Å². The predicted octanol–water partition coefficient (Wildman–Crippen LogP) is 3.25. The van der Waals surface area contributed by atoms with E-state index in [0.29, 0.717) is 17.8 Å². The third-order valence-corrected chi connectivity index (χ3v) is 4.20. The van der Waals surface area contributed by atoms with E-state index in [0.717, 1.165) is 6.61 Å². The Bertz CT molecular complexity index is 268. The minimum absolute atomic E-state index is 0.505. The van der Waals surface area contributed by atoms with E-state index in [1.807, 2.05) is 0 Å². The molecule has 2 aliphatic carbocycles. The topological polar surface area (TPSA) is 9.23 Å². The maximum absolute atomic E-state index is 5.73. The zero-order valence-corrected chi connectivity index (χ0v) is 11.6. The van der Waals surface area contributed by atoms with E-state index in [-0.39, 0.29) is 0 Å². The number of halogens is 1. The van der Waals surface area contributed by atoms with Gasteiger partial charge in [-0.3, -0.25) is 0 Å². The summed E-state index contributed by atoms with van der Waals surface area (Å²) in [5, 5.41) is 0. The molecule has 0 bridgehead atoms. The van der Waals surface area contributed by atoms with E-state index in [1.165, 1.54) is 0 Å². The van der Waals surface area contributed by atoms with Crippen LogP contribution in [0.15, 0.2) is 48.6 Å². The van der Waals surface area contributed by atoms with Crippen molar-refractivity contribution in [2.24, 2.45) is 17.8 Å². The second-order valence-electron chi connectivity index (χ2n) is 3.75. The summed E-state index contributed by atoms with van der Waals surface area (Å²) in [7, 11) is 5.73. The molecule has 1 nitrogen and oxygen atoms in total. The van der Waals surface area contributed by atoms with Crippen molar-refractivity contribution in [2.45, 2.75) is 0 Å². The van der Waals surface area contributed by atoms with E-state index < -0.39 is 22.5 Å². The first-order valence-corrected chi connectivity index (χ1v) is 9.26. The number of rotatable bonds is 5. The van der Waals surface area contributed by atoms with Crippen LogP contribution in [-0.4, -0.2) is 6.61 Å². The number of allylic oxidation sites excluding steroid dienone is 8. The Morgan fingerprint density at radius 1 is 1.00 bits per heavy atom. The summed E-state index contributed by atoms with van der Waals surface area (Å²) in [5.74, 6) is 1.52. The Hall–Kier alpha value is 0.0931. The molecule has 0 fully saturated rings. The first-order valence-electron chi connectivity index (χ1n) is 5.09. The van der Waals surface area contributed by atoms with Gasteiger partial charge in [0.15, 0.2) is 0 Å². The van der Waals surface area contributed by atoms with Crippen LogP contribution >= 0.6 is 8.51 Å². The first kappa shape index (κ1) is 11.6. The third-order valence-electron chi connectivity index (χ3n) is 2.87. The van der Waals surface area contributed by atoms with Gasteiger partial charge >= 0.3 is 107 Å². The summed E-state index contributed by atoms with van der Waals surface area (Å²) >= 11 is -1.05. The van der Waals surface area contributed by atoms with Crippen molar-refractivity contribution in [1.29, 1.82) is 0 Å². The van der Waals surface area contributed by atoms with E-state index in [9.17, 15) is 0 Å². The molecule has 15 heavy (non-hydrogen) atoms. The van der Waals surface area contributed by atoms with Crippen LogP contribution < -0.4 is 0 Å². The summed E-state index contributed by atoms with van der Waals surface area (Å²) in [6.45, 7) is 0.786. The van der Waals surface area contributed by atoms with Crippen molar-refractivity contribution in [1.82, 2.24) is 0 Å². The third kappa shape index (κ3) is 3.03. The molecule has 0 aliphatic heterocycles. The van der Waals surface area contributed by atoms with Crippen molar-refractivity contribution < 1.29 is 25.3 Å². The molecule has 0 radical (unpaired) electrons. The van der Waals surface area contributed by atoms with Crippen molar-refractivity contribution in [3.05, 3.63) is 48.6 Å². The molecular weight excluding hydrogens is 287 g/mol. The van der Waals surface area contributed by atoms with Crippen molar-refractivity contribution >= 4 is 8.51 Å². The summed E-state index contributed by atoms with van der Waals surface area (Å²) in [5.41, 5.74) is 0. The fraction of sp³-hybridized carbons (Fsp3) is 0.333. The molecule has 0 amide bonds. The molecule has 0 atom stereocenters. The van der Waals surface area contributed by atoms with Gasteiger partial charge in [-0.2, -0.15) is 0 Å². The van der Waals surface area contributed by atoms with Gasteiger partial charge in [-0.15, -0.1) is 0 Å². The van der Waals surface area contributed by atoms with Crippen LogP contribution in [0.1, 0.15) is 0 Å². The van der Waals surface area contributed by atoms with Gasteiger partial charge in [-0.25, -0.2) is 0 Å². The predicted molar refractivity (Wildman–Crippen MR) is 58.8 cm³/mol. The SMILES string of the molecule is [Cl][Zr][O]CC(C1C=CC=C1)C1C=CC=C1. The van der Waals surface area contributed by atoms with Crippen molar-refractivity contribution in [3.8, 4) is 0 Å². The van der Waals surface area contributed by atoms with E-state index in [2.05, 4.69) is 48.6 Å². The summed E-state index contributed by atoms with van der Waals surface area (Å²) in [6, 6.07) is 0. The Morgan fingerprint density at radius 2 is 1.47 bits per heavy atom. The van der Waals surface area contributed by atoms with Gasteiger partial charge in [0.2, 0.25) is 0 Å². The van der Waals surface area contributed by atoms with Crippen LogP contribution in [0.2, 0.25) is 0 Å². The molecule has 0 spiro atoms. The molecule has 2 rings (SSSR count). The molecule has 0 aromatic rings. The fourth-order valence-electron chi connectivity index (χ4n) is 2.08. The summed E-state index contributed by atoms with van der Waals surface area (Å²) in [6.07, 6.45) is 17.4. The molecule has 0 aromatic carbocycles. The molecule has 0 heterocycles. The van der Waals surface area contributed by atoms with Crippen LogP contribution in [0.25, 0.3) is 0 Å². The number of hydrogen-bond donors (Lipinski definition) is 0. The average Bonchev–Trinajstić information content (AvgIpc) is 2.90. The van der Waals surface area contributed by atoms with Gasteiger partial charge in [-0.1, -0.05) is 0 Å². The summed E-state index contributed by atoms with van der Waals surface area (Å²) in [4.78, 5) is 0. The molecule has 0 saturated carbocycles. The van der Waals surface area contributed by atoms with E-state index >= 15 is 0 Å². The monoisotopic (exact) mass is 298 g/mol. The van der Waals surface area contributed by atoms with Crippen LogP contribution in [0.4, 0.5) is 0 Å². The quantitative estimate of drug-likeness (QED) is 0.757. The molecular formula is C12H13ClOZr. The van der Waals surface area contributed by atoms with Gasteiger partial charge in [0, 0.05) is 0 Å². The minimum atomic E-state index is -1.05.